The molecule has 104 valence electrons. The van der Waals surface area contributed by atoms with Gasteiger partial charge in [-0.05, 0) is 57.4 Å². The van der Waals surface area contributed by atoms with Crippen molar-refractivity contribution in [2.75, 3.05) is 20.1 Å². The van der Waals surface area contributed by atoms with Gasteiger partial charge >= 0.3 is 5.97 Å². The second-order valence-corrected chi connectivity index (χ2v) is 6.85. The minimum absolute atomic E-state index is 0.591. The van der Waals surface area contributed by atoms with Gasteiger partial charge < -0.3 is 10.0 Å². The molecule has 2 fully saturated rings. The van der Waals surface area contributed by atoms with Crippen LogP contribution in [0.3, 0.4) is 0 Å². The van der Waals surface area contributed by atoms with Crippen molar-refractivity contribution in [3.63, 3.8) is 0 Å². The lowest BCUT2D eigenvalue weighted by molar-refractivity contribution is -0.149. The maximum atomic E-state index is 11.3. The van der Waals surface area contributed by atoms with E-state index in [0.29, 0.717) is 13.0 Å². The largest absolute Gasteiger partial charge is 0.481 e. The Bertz CT molecular complexity index is 318. The molecule has 0 spiro atoms. The number of hydrogen-bond acceptors (Lipinski definition) is 2. The Hall–Kier alpha value is -0.570. The van der Waals surface area contributed by atoms with E-state index in [1.54, 1.807) is 0 Å². The molecule has 0 aromatic heterocycles. The first-order valence-electron chi connectivity index (χ1n) is 7.36. The normalized spacial score (nSPS) is 33.9. The molecule has 0 amide bonds. The Morgan fingerprint density at radius 2 is 2.11 bits per heavy atom. The number of carboxylic acids is 1. The number of fused-ring (bicyclic) bond motifs is 2. The van der Waals surface area contributed by atoms with Crippen LogP contribution in [0.2, 0.25) is 0 Å². The molecule has 0 saturated heterocycles. The van der Waals surface area contributed by atoms with E-state index in [-0.39, 0.29) is 0 Å². The fraction of sp³-hybridized carbons (Fsp3) is 0.933. The predicted molar refractivity (Wildman–Crippen MR) is 72.5 cm³/mol. The van der Waals surface area contributed by atoms with E-state index in [4.69, 9.17) is 0 Å². The van der Waals surface area contributed by atoms with Gasteiger partial charge in [0, 0.05) is 13.1 Å². The molecule has 4 unspecified atom stereocenters. The van der Waals surface area contributed by atoms with Gasteiger partial charge in [-0.2, -0.15) is 0 Å². The molecular weight excluding hydrogens is 226 g/mol. The van der Waals surface area contributed by atoms with Gasteiger partial charge in [0.05, 0.1) is 5.41 Å². The minimum Gasteiger partial charge on any atom is -0.481 e. The summed E-state index contributed by atoms with van der Waals surface area (Å²) in [7, 11) is 2.09. The lowest BCUT2D eigenvalue weighted by atomic mass is 9.85. The highest BCUT2D eigenvalue weighted by Gasteiger charge is 2.40. The maximum Gasteiger partial charge on any atom is 0.310 e. The summed E-state index contributed by atoms with van der Waals surface area (Å²) in [4.78, 5) is 13.6. The van der Waals surface area contributed by atoms with Crippen LogP contribution in [-0.4, -0.2) is 36.1 Å². The maximum absolute atomic E-state index is 11.3. The topological polar surface area (TPSA) is 40.5 Å². The summed E-state index contributed by atoms with van der Waals surface area (Å²) >= 11 is 0. The average Bonchev–Trinajstić information content (AvgIpc) is 2.90. The van der Waals surface area contributed by atoms with E-state index in [2.05, 4.69) is 11.9 Å². The molecule has 4 atom stereocenters. The van der Waals surface area contributed by atoms with Crippen LogP contribution in [0.5, 0.6) is 0 Å². The van der Waals surface area contributed by atoms with Crippen molar-refractivity contribution in [2.45, 2.75) is 46.0 Å². The molecule has 2 rings (SSSR count). The van der Waals surface area contributed by atoms with Gasteiger partial charge in [0.1, 0.15) is 0 Å². The average molecular weight is 253 g/mol. The lowest BCUT2D eigenvalue weighted by Gasteiger charge is -2.32. The van der Waals surface area contributed by atoms with Crippen molar-refractivity contribution in [3.05, 3.63) is 0 Å². The zero-order valence-electron chi connectivity index (χ0n) is 12.0. The Morgan fingerprint density at radius 3 is 2.56 bits per heavy atom. The van der Waals surface area contributed by atoms with E-state index < -0.39 is 11.4 Å². The molecule has 2 bridgehead atoms. The number of rotatable bonds is 6. The summed E-state index contributed by atoms with van der Waals surface area (Å²) in [6.07, 6.45) is 6.36. The highest BCUT2D eigenvalue weighted by molar-refractivity contribution is 5.74. The summed E-state index contributed by atoms with van der Waals surface area (Å²) in [6.45, 7) is 5.60. The van der Waals surface area contributed by atoms with E-state index in [1.807, 2.05) is 13.8 Å². The van der Waals surface area contributed by atoms with Crippen LogP contribution >= 0.6 is 0 Å². The second kappa shape index (κ2) is 5.20. The molecule has 1 N–H and O–H groups in total. The summed E-state index contributed by atoms with van der Waals surface area (Å²) < 4.78 is 0. The highest BCUT2D eigenvalue weighted by atomic mass is 16.4. The molecule has 3 heteroatoms. The Balaban J connectivity index is 1.85. The van der Waals surface area contributed by atoms with Crippen molar-refractivity contribution < 1.29 is 9.90 Å². The third kappa shape index (κ3) is 2.71. The third-order valence-electron chi connectivity index (χ3n) is 5.35. The Morgan fingerprint density at radius 1 is 1.39 bits per heavy atom. The van der Waals surface area contributed by atoms with Crippen molar-refractivity contribution in [3.8, 4) is 0 Å². The van der Waals surface area contributed by atoms with Gasteiger partial charge in [0.25, 0.3) is 0 Å². The van der Waals surface area contributed by atoms with Crippen LogP contribution < -0.4 is 0 Å². The van der Waals surface area contributed by atoms with Crippen molar-refractivity contribution >= 4 is 5.97 Å². The second-order valence-electron chi connectivity index (χ2n) is 6.85. The molecule has 0 aromatic rings. The van der Waals surface area contributed by atoms with Gasteiger partial charge in [-0.25, -0.2) is 0 Å². The van der Waals surface area contributed by atoms with Crippen LogP contribution in [0.25, 0.3) is 0 Å². The zero-order valence-corrected chi connectivity index (χ0v) is 12.0. The molecule has 0 aromatic carbocycles. The van der Waals surface area contributed by atoms with Crippen LogP contribution in [0.4, 0.5) is 0 Å². The first-order chi connectivity index (χ1) is 8.44. The highest BCUT2D eigenvalue weighted by Crippen LogP contribution is 2.48. The third-order valence-corrected chi connectivity index (χ3v) is 5.35. The number of carbonyl (C=O) groups is 1. The van der Waals surface area contributed by atoms with Gasteiger partial charge in [0.2, 0.25) is 0 Å². The van der Waals surface area contributed by atoms with Crippen molar-refractivity contribution in [1.82, 2.24) is 4.90 Å². The molecular formula is C15H27NO2. The molecule has 0 radical (unpaired) electrons. The molecule has 3 nitrogen and oxygen atoms in total. The van der Waals surface area contributed by atoms with Crippen LogP contribution in [0.15, 0.2) is 0 Å². The van der Waals surface area contributed by atoms with Gasteiger partial charge in [0.15, 0.2) is 0 Å². The number of nitrogens with zero attached hydrogens (tertiary/aromatic N) is 1. The first-order valence-corrected chi connectivity index (χ1v) is 7.36. The molecule has 0 aliphatic heterocycles. The minimum atomic E-state index is -0.662. The predicted octanol–water partition coefficient (Wildman–Crippen LogP) is 2.86. The fourth-order valence-electron chi connectivity index (χ4n) is 3.99. The molecule has 2 aliphatic rings. The van der Waals surface area contributed by atoms with Crippen molar-refractivity contribution in [2.24, 2.45) is 23.2 Å². The standard InChI is InChI=1S/C15H27NO2/c1-4-15(2,14(17)18)10-16(3)9-13-8-11-5-6-12(13)7-11/h11-13H,4-10H2,1-3H3,(H,17,18). The van der Waals surface area contributed by atoms with E-state index in [0.717, 1.165) is 24.3 Å². The summed E-state index contributed by atoms with van der Waals surface area (Å²) in [5.74, 6) is 2.06. The summed E-state index contributed by atoms with van der Waals surface area (Å²) in [5.41, 5.74) is -0.591. The number of aliphatic carboxylic acids is 1. The van der Waals surface area contributed by atoms with Gasteiger partial charge in [-0.15, -0.1) is 0 Å². The van der Waals surface area contributed by atoms with Crippen LogP contribution in [0, 0.1) is 23.2 Å². The summed E-state index contributed by atoms with van der Waals surface area (Å²) in [5, 5.41) is 9.32. The summed E-state index contributed by atoms with van der Waals surface area (Å²) in [6, 6.07) is 0. The van der Waals surface area contributed by atoms with Gasteiger partial charge in [-0.3, -0.25) is 4.79 Å². The smallest absolute Gasteiger partial charge is 0.310 e. The van der Waals surface area contributed by atoms with Crippen molar-refractivity contribution in [1.29, 1.82) is 0 Å². The SMILES string of the molecule is CCC(C)(CN(C)CC1CC2CCC1C2)C(=O)O. The molecule has 2 aliphatic carbocycles. The monoisotopic (exact) mass is 253 g/mol. The van der Waals surface area contributed by atoms with E-state index in [1.165, 1.54) is 25.7 Å². The molecule has 0 heterocycles. The molecule has 18 heavy (non-hydrogen) atoms. The Kier molecular flexibility index (Phi) is 4.00. The van der Waals surface area contributed by atoms with Crippen LogP contribution in [-0.2, 0) is 4.79 Å². The van der Waals surface area contributed by atoms with Crippen LogP contribution in [0.1, 0.15) is 46.0 Å². The van der Waals surface area contributed by atoms with E-state index in [9.17, 15) is 9.90 Å². The van der Waals surface area contributed by atoms with Gasteiger partial charge in [-0.1, -0.05) is 13.3 Å². The first kappa shape index (κ1) is 13.9. The lowest BCUT2D eigenvalue weighted by Crippen LogP contribution is -2.41. The molecule has 2 saturated carbocycles. The number of carboxylic acid groups (broad SMARTS) is 1. The Labute approximate surface area is 111 Å². The zero-order chi connectivity index (χ0) is 13.3. The quantitative estimate of drug-likeness (QED) is 0.791. The number of hydrogen-bond donors (Lipinski definition) is 1. The fourth-order valence-corrected chi connectivity index (χ4v) is 3.99. The van der Waals surface area contributed by atoms with E-state index >= 15 is 0 Å².